The summed E-state index contributed by atoms with van der Waals surface area (Å²) in [5.41, 5.74) is -0.392. The maximum atomic E-state index is 13.7. The Hall–Kier alpha value is -2.90. The van der Waals surface area contributed by atoms with E-state index >= 15 is 0 Å². The molecular formula is C19H20F3N3O2. The van der Waals surface area contributed by atoms with Crippen molar-refractivity contribution in [2.75, 3.05) is 18.4 Å². The molecule has 0 spiro atoms. The standard InChI is InChI=1S/C19H20F3N3O2/c1-3-9-25(10-4-2)19(27)12-7-8-23-15(11-12)18(26)24-14-6-5-13(20)16(21)17(14)22/h5-8,11H,3-4,9-10H2,1-2H3,(H,24,26). The van der Waals surface area contributed by atoms with Crippen LogP contribution in [0.5, 0.6) is 0 Å². The smallest absolute Gasteiger partial charge is 0.274 e. The summed E-state index contributed by atoms with van der Waals surface area (Å²) in [7, 11) is 0. The number of nitrogens with one attached hydrogen (secondary N) is 1. The molecule has 1 aromatic heterocycles. The third-order valence-corrected chi connectivity index (χ3v) is 3.80. The second kappa shape index (κ2) is 9.16. The number of benzene rings is 1. The van der Waals surface area contributed by atoms with Crippen LogP contribution in [0, 0.1) is 17.5 Å². The van der Waals surface area contributed by atoms with Gasteiger partial charge in [0, 0.05) is 24.8 Å². The molecule has 1 heterocycles. The molecule has 0 unspecified atom stereocenters. The van der Waals surface area contributed by atoms with Gasteiger partial charge in [-0.1, -0.05) is 13.8 Å². The quantitative estimate of drug-likeness (QED) is 0.740. The van der Waals surface area contributed by atoms with E-state index in [0.29, 0.717) is 19.2 Å². The van der Waals surface area contributed by atoms with Crippen molar-refractivity contribution < 1.29 is 22.8 Å². The van der Waals surface area contributed by atoms with E-state index in [1.807, 2.05) is 13.8 Å². The molecular weight excluding hydrogens is 359 g/mol. The lowest BCUT2D eigenvalue weighted by Gasteiger charge is -2.21. The van der Waals surface area contributed by atoms with E-state index in [1.54, 1.807) is 4.90 Å². The molecule has 2 rings (SSSR count). The fourth-order valence-electron chi connectivity index (χ4n) is 2.53. The summed E-state index contributed by atoms with van der Waals surface area (Å²) in [6, 6.07) is 4.38. The Bertz CT molecular complexity index is 837. The molecule has 0 atom stereocenters. The summed E-state index contributed by atoms with van der Waals surface area (Å²) in [6.45, 7) is 5.07. The molecule has 27 heavy (non-hydrogen) atoms. The Morgan fingerprint density at radius 2 is 1.70 bits per heavy atom. The van der Waals surface area contributed by atoms with Gasteiger partial charge >= 0.3 is 0 Å². The molecule has 0 saturated heterocycles. The summed E-state index contributed by atoms with van der Waals surface area (Å²) in [5.74, 6) is -5.63. The van der Waals surface area contributed by atoms with Crippen LogP contribution in [0.4, 0.5) is 18.9 Å². The van der Waals surface area contributed by atoms with Gasteiger partial charge in [0.2, 0.25) is 0 Å². The minimum atomic E-state index is -1.68. The molecule has 0 aliphatic heterocycles. The predicted molar refractivity (Wildman–Crippen MR) is 95.0 cm³/mol. The van der Waals surface area contributed by atoms with Crippen molar-refractivity contribution in [2.24, 2.45) is 0 Å². The number of rotatable bonds is 7. The molecule has 2 aromatic rings. The van der Waals surface area contributed by atoms with Gasteiger partial charge in [0.05, 0.1) is 5.69 Å². The molecule has 0 aliphatic carbocycles. The van der Waals surface area contributed by atoms with Crippen LogP contribution in [0.1, 0.15) is 47.5 Å². The number of nitrogens with zero attached hydrogens (tertiary/aromatic N) is 2. The predicted octanol–water partition coefficient (Wildman–Crippen LogP) is 4.01. The van der Waals surface area contributed by atoms with Gasteiger partial charge in [0.15, 0.2) is 17.5 Å². The van der Waals surface area contributed by atoms with E-state index in [9.17, 15) is 22.8 Å². The average Bonchev–Trinajstić information content (AvgIpc) is 2.67. The normalized spacial score (nSPS) is 10.6. The molecule has 0 fully saturated rings. The Kier molecular flexibility index (Phi) is 6.92. The second-order valence-electron chi connectivity index (χ2n) is 5.90. The van der Waals surface area contributed by atoms with Gasteiger partial charge in [-0.2, -0.15) is 0 Å². The lowest BCUT2D eigenvalue weighted by Crippen LogP contribution is -2.32. The number of carbonyl (C=O) groups excluding carboxylic acids is 2. The first-order valence-electron chi connectivity index (χ1n) is 8.59. The third kappa shape index (κ3) is 4.84. The molecule has 2 amide bonds. The first-order valence-corrected chi connectivity index (χ1v) is 8.59. The minimum absolute atomic E-state index is 0.141. The highest BCUT2D eigenvalue weighted by molar-refractivity contribution is 6.04. The summed E-state index contributed by atoms with van der Waals surface area (Å²) < 4.78 is 40.0. The molecule has 8 heteroatoms. The van der Waals surface area contributed by atoms with Crippen molar-refractivity contribution >= 4 is 17.5 Å². The van der Waals surface area contributed by atoms with Crippen molar-refractivity contribution in [3.63, 3.8) is 0 Å². The number of aromatic nitrogens is 1. The van der Waals surface area contributed by atoms with Crippen LogP contribution in [-0.4, -0.2) is 34.8 Å². The number of carbonyl (C=O) groups is 2. The maximum Gasteiger partial charge on any atom is 0.274 e. The first kappa shape index (κ1) is 20.4. The molecule has 144 valence electrons. The zero-order valence-corrected chi connectivity index (χ0v) is 15.1. The van der Waals surface area contributed by atoms with Crippen LogP contribution in [0.2, 0.25) is 0 Å². The van der Waals surface area contributed by atoms with E-state index in [1.165, 1.54) is 18.3 Å². The number of pyridine rings is 1. The Morgan fingerprint density at radius 3 is 2.33 bits per heavy atom. The second-order valence-corrected chi connectivity index (χ2v) is 5.90. The largest absolute Gasteiger partial charge is 0.339 e. The lowest BCUT2D eigenvalue weighted by molar-refractivity contribution is 0.0755. The SMILES string of the molecule is CCCN(CCC)C(=O)c1ccnc(C(=O)Nc2ccc(F)c(F)c2F)c1. The Morgan fingerprint density at radius 1 is 1.04 bits per heavy atom. The number of hydrogen-bond donors (Lipinski definition) is 1. The molecule has 0 radical (unpaired) electrons. The topological polar surface area (TPSA) is 62.3 Å². The monoisotopic (exact) mass is 379 g/mol. The molecule has 1 aromatic carbocycles. The van der Waals surface area contributed by atoms with Crippen molar-refractivity contribution in [2.45, 2.75) is 26.7 Å². The minimum Gasteiger partial charge on any atom is -0.339 e. The van der Waals surface area contributed by atoms with E-state index in [4.69, 9.17) is 0 Å². The summed E-state index contributed by atoms with van der Waals surface area (Å²) in [5, 5.41) is 2.13. The maximum absolute atomic E-state index is 13.7. The van der Waals surface area contributed by atoms with E-state index in [0.717, 1.165) is 18.9 Å². The third-order valence-electron chi connectivity index (χ3n) is 3.80. The van der Waals surface area contributed by atoms with Gasteiger partial charge in [0.25, 0.3) is 11.8 Å². The van der Waals surface area contributed by atoms with E-state index < -0.39 is 29.0 Å². The zero-order valence-electron chi connectivity index (χ0n) is 15.1. The van der Waals surface area contributed by atoms with Crippen LogP contribution >= 0.6 is 0 Å². The van der Waals surface area contributed by atoms with Gasteiger partial charge in [-0.3, -0.25) is 14.6 Å². The lowest BCUT2D eigenvalue weighted by atomic mass is 10.1. The van der Waals surface area contributed by atoms with Crippen LogP contribution in [0.25, 0.3) is 0 Å². The van der Waals surface area contributed by atoms with Crippen LogP contribution < -0.4 is 5.32 Å². The van der Waals surface area contributed by atoms with E-state index in [-0.39, 0.29) is 17.2 Å². The van der Waals surface area contributed by atoms with Crippen LogP contribution in [0.15, 0.2) is 30.5 Å². The fraction of sp³-hybridized carbons (Fsp3) is 0.316. The van der Waals surface area contributed by atoms with Crippen molar-refractivity contribution in [1.29, 1.82) is 0 Å². The Labute approximate surface area is 155 Å². The molecule has 0 bridgehead atoms. The fourth-order valence-corrected chi connectivity index (χ4v) is 2.53. The number of halogens is 3. The van der Waals surface area contributed by atoms with Crippen LogP contribution in [0.3, 0.4) is 0 Å². The zero-order chi connectivity index (χ0) is 20.0. The van der Waals surface area contributed by atoms with Gasteiger partial charge in [-0.05, 0) is 37.1 Å². The van der Waals surface area contributed by atoms with E-state index in [2.05, 4.69) is 10.3 Å². The number of hydrogen-bond acceptors (Lipinski definition) is 3. The summed E-state index contributed by atoms with van der Waals surface area (Å²) >= 11 is 0. The molecule has 0 aliphatic rings. The number of anilines is 1. The van der Waals surface area contributed by atoms with Crippen molar-refractivity contribution in [3.05, 3.63) is 59.2 Å². The average molecular weight is 379 g/mol. The first-order chi connectivity index (χ1) is 12.9. The van der Waals surface area contributed by atoms with Crippen molar-refractivity contribution in [1.82, 2.24) is 9.88 Å². The molecule has 1 N–H and O–H groups in total. The highest BCUT2D eigenvalue weighted by Crippen LogP contribution is 2.20. The van der Waals surface area contributed by atoms with Gasteiger partial charge in [-0.25, -0.2) is 13.2 Å². The van der Waals surface area contributed by atoms with Gasteiger partial charge in [0.1, 0.15) is 5.69 Å². The summed E-state index contributed by atoms with van der Waals surface area (Å²) in [4.78, 5) is 30.4. The van der Waals surface area contributed by atoms with Crippen LogP contribution in [-0.2, 0) is 0 Å². The molecule has 5 nitrogen and oxygen atoms in total. The summed E-state index contributed by atoms with van der Waals surface area (Å²) in [6.07, 6.45) is 2.87. The molecule has 0 saturated carbocycles. The van der Waals surface area contributed by atoms with Gasteiger partial charge < -0.3 is 10.2 Å². The highest BCUT2D eigenvalue weighted by Gasteiger charge is 2.19. The Balaban J connectivity index is 2.22. The highest BCUT2D eigenvalue weighted by atomic mass is 19.2. The number of amides is 2. The van der Waals surface area contributed by atoms with Crippen molar-refractivity contribution in [3.8, 4) is 0 Å². The van der Waals surface area contributed by atoms with Gasteiger partial charge in [-0.15, -0.1) is 0 Å².